The number of nitrogens with zero attached hydrogens (tertiary/aromatic N) is 2. The zero-order valence-corrected chi connectivity index (χ0v) is 21.3. The molecule has 3 aromatic rings. The standard InChI is InChI=1S/C29H38N2O3/c1-20(11-10-18-29(5,6)34)19-24-25(27(32)33)26(21-12-8-7-9-13-21)31(30-24)23-16-14-22(15-17-23)28(2,3)4/h7-9,12-17,20,34H,10-11,18-19H2,1-6H3,(H,32,33). The predicted molar refractivity (Wildman–Crippen MR) is 138 cm³/mol. The van der Waals surface area contributed by atoms with Crippen LogP contribution < -0.4 is 0 Å². The number of hydrogen-bond acceptors (Lipinski definition) is 3. The van der Waals surface area contributed by atoms with Crippen LogP contribution in [-0.4, -0.2) is 31.6 Å². The van der Waals surface area contributed by atoms with E-state index >= 15 is 0 Å². The Labute approximate surface area is 203 Å². The van der Waals surface area contributed by atoms with Crippen molar-refractivity contribution in [2.24, 2.45) is 5.92 Å². The maximum Gasteiger partial charge on any atom is 0.339 e. The molecule has 1 atom stereocenters. The molecule has 0 saturated carbocycles. The number of carboxylic acid groups (broad SMARTS) is 1. The average molecular weight is 463 g/mol. The van der Waals surface area contributed by atoms with Crippen molar-refractivity contribution in [2.45, 2.75) is 78.2 Å². The zero-order chi connectivity index (χ0) is 25.1. The quantitative estimate of drug-likeness (QED) is 0.373. The van der Waals surface area contributed by atoms with Gasteiger partial charge in [-0.05, 0) is 55.7 Å². The van der Waals surface area contributed by atoms with Crippen LogP contribution in [0, 0.1) is 5.92 Å². The van der Waals surface area contributed by atoms with E-state index in [-0.39, 0.29) is 16.9 Å². The van der Waals surface area contributed by atoms with Gasteiger partial charge in [-0.25, -0.2) is 9.48 Å². The minimum Gasteiger partial charge on any atom is -0.478 e. The van der Waals surface area contributed by atoms with Gasteiger partial charge in [0.1, 0.15) is 5.56 Å². The van der Waals surface area contributed by atoms with Crippen molar-refractivity contribution in [3.05, 3.63) is 71.4 Å². The maximum atomic E-state index is 12.5. The summed E-state index contributed by atoms with van der Waals surface area (Å²) in [6.45, 7) is 12.3. The van der Waals surface area contributed by atoms with E-state index in [9.17, 15) is 15.0 Å². The van der Waals surface area contributed by atoms with Gasteiger partial charge in [-0.2, -0.15) is 5.10 Å². The van der Waals surface area contributed by atoms with E-state index < -0.39 is 11.6 Å². The van der Waals surface area contributed by atoms with E-state index in [1.54, 1.807) is 4.68 Å². The number of aromatic carboxylic acids is 1. The summed E-state index contributed by atoms with van der Waals surface area (Å²) >= 11 is 0. The number of hydrogen-bond donors (Lipinski definition) is 2. The summed E-state index contributed by atoms with van der Waals surface area (Å²) in [6.07, 6.45) is 3.07. The Hall–Kier alpha value is -2.92. The highest BCUT2D eigenvalue weighted by atomic mass is 16.4. The Balaban J connectivity index is 2.04. The van der Waals surface area contributed by atoms with Crippen LogP contribution in [-0.2, 0) is 11.8 Å². The number of carbonyl (C=O) groups is 1. The Morgan fingerprint density at radius 2 is 1.62 bits per heavy atom. The molecule has 34 heavy (non-hydrogen) atoms. The van der Waals surface area contributed by atoms with Crippen molar-refractivity contribution in [3.8, 4) is 16.9 Å². The Morgan fingerprint density at radius 1 is 1.00 bits per heavy atom. The second-order valence-corrected chi connectivity index (χ2v) is 11.1. The molecule has 0 saturated heterocycles. The minimum atomic E-state index is -0.963. The highest BCUT2D eigenvalue weighted by Crippen LogP contribution is 2.32. The van der Waals surface area contributed by atoms with E-state index in [0.717, 1.165) is 24.1 Å². The van der Waals surface area contributed by atoms with Crippen LogP contribution >= 0.6 is 0 Å². The fourth-order valence-electron chi connectivity index (χ4n) is 4.30. The Bertz CT molecular complexity index is 1100. The van der Waals surface area contributed by atoms with Crippen LogP contribution in [0.15, 0.2) is 54.6 Å². The molecule has 2 N–H and O–H groups in total. The number of carboxylic acids is 1. The molecule has 0 aliphatic rings. The van der Waals surface area contributed by atoms with E-state index in [1.165, 1.54) is 5.56 Å². The van der Waals surface area contributed by atoms with Crippen molar-refractivity contribution in [3.63, 3.8) is 0 Å². The van der Waals surface area contributed by atoms with Crippen molar-refractivity contribution < 1.29 is 15.0 Å². The first-order chi connectivity index (χ1) is 15.9. The topological polar surface area (TPSA) is 75.4 Å². The largest absolute Gasteiger partial charge is 0.478 e. The first kappa shape index (κ1) is 25.7. The minimum absolute atomic E-state index is 0.0286. The van der Waals surface area contributed by atoms with Gasteiger partial charge >= 0.3 is 5.97 Å². The molecule has 0 aliphatic carbocycles. The number of aliphatic hydroxyl groups is 1. The van der Waals surface area contributed by atoms with Crippen molar-refractivity contribution in [1.29, 1.82) is 0 Å². The van der Waals surface area contributed by atoms with Crippen molar-refractivity contribution in [2.75, 3.05) is 0 Å². The summed E-state index contributed by atoms with van der Waals surface area (Å²) in [4.78, 5) is 12.5. The fraction of sp³-hybridized carbons (Fsp3) is 0.448. The van der Waals surface area contributed by atoms with Gasteiger partial charge in [0.05, 0.1) is 22.7 Å². The van der Waals surface area contributed by atoms with E-state index in [0.29, 0.717) is 24.2 Å². The van der Waals surface area contributed by atoms with Gasteiger partial charge in [-0.3, -0.25) is 0 Å². The molecular weight excluding hydrogens is 424 g/mol. The predicted octanol–water partition coefficient (Wildman–Crippen LogP) is 6.65. The third-order valence-corrected chi connectivity index (χ3v) is 6.22. The third-order valence-electron chi connectivity index (χ3n) is 6.22. The van der Waals surface area contributed by atoms with Crippen LogP contribution in [0.4, 0.5) is 0 Å². The van der Waals surface area contributed by atoms with Gasteiger partial charge in [0, 0.05) is 5.56 Å². The highest BCUT2D eigenvalue weighted by Gasteiger charge is 2.27. The van der Waals surface area contributed by atoms with Crippen LogP contribution in [0.2, 0.25) is 0 Å². The molecule has 0 spiro atoms. The maximum absolute atomic E-state index is 12.5. The molecule has 3 rings (SSSR count). The molecule has 0 radical (unpaired) electrons. The molecule has 1 heterocycles. The average Bonchev–Trinajstić information content (AvgIpc) is 3.12. The molecule has 0 fully saturated rings. The van der Waals surface area contributed by atoms with Gasteiger partial charge < -0.3 is 10.2 Å². The van der Waals surface area contributed by atoms with Crippen LogP contribution in [0.25, 0.3) is 16.9 Å². The van der Waals surface area contributed by atoms with Crippen LogP contribution in [0.5, 0.6) is 0 Å². The number of rotatable bonds is 9. The molecule has 5 nitrogen and oxygen atoms in total. The first-order valence-electron chi connectivity index (χ1n) is 12.1. The molecule has 1 unspecified atom stereocenters. The monoisotopic (exact) mass is 462 g/mol. The molecule has 0 amide bonds. The summed E-state index contributed by atoms with van der Waals surface area (Å²) in [6, 6.07) is 17.8. The van der Waals surface area contributed by atoms with Crippen molar-refractivity contribution in [1.82, 2.24) is 9.78 Å². The lowest BCUT2D eigenvalue weighted by Gasteiger charge is -2.19. The van der Waals surface area contributed by atoms with Gasteiger partial charge in [0.25, 0.3) is 0 Å². The summed E-state index contributed by atoms with van der Waals surface area (Å²) in [5.41, 5.74) is 3.69. The normalized spacial score (nSPS) is 13.1. The Morgan fingerprint density at radius 3 is 2.15 bits per heavy atom. The molecule has 1 aromatic heterocycles. The van der Waals surface area contributed by atoms with Gasteiger partial charge in [-0.1, -0.05) is 83.0 Å². The lowest BCUT2D eigenvalue weighted by molar-refractivity contribution is 0.0669. The molecule has 182 valence electrons. The molecule has 0 bridgehead atoms. The second kappa shape index (κ2) is 10.1. The molecule has 5 heteroatoms. The fourth-order valence-corrected chi connectivity index (χ4v) is 4.30. The molecule has 0 aliphatic heterocycles. The van der Waals surface area contributed by atoms with E-state index in [1.807, 2.05) is 56.3 Å². The van der Waals surface area contributed by atoms with Crippen LogP contribution in [0.1, 0.15) is 82.4 Å². The highest BCUT2D eigenvalue weighted by molar-refractivity contribution is 5.96. The second-order valence-electron chi connectivity index (χ2n) is 11.1. The van der Waals surface area contributed by atoms with Gasteiger partial charge in [0.2, 0.25) is 0 Å². The smallest absolute Gasteiger partial charge is 0.339 e. The first-order valence-corrected chi connectivity index (χ1v) is 12.1. The molecule has 2 aromatic carbocycles. The van der Waals surface area contributed by atoms with Gasteiger partial charge in [0.15, 0.2) is 0 Å². The number of benzene rings is 2. The lowest BCUT2D eigenvalue weighted by Crippen LogP contribution is -2.18. The van der Waals surface area contributed by atoms with E-state index in [2.05, 4.69) is 39.8 Å². The van der Waals surface area contributed by atoms with Crippen LogP contribution in [0.3, 0.4) is 0 Å². The summed E-state index contributed by atoms with van der Waals surface area (Å²) in [7, 11) is 0. The third kappa shape index (κ3) is 6.35. The van der Waals surface area contributed by atoms with Gasteiger partial charge in [-0.15, -0.1) is 0 Å². The SMILES string of the molecule is CC(CCCC(C)(C)O)Cc1nn(-c2ccc(C(C)(C)C)cc2)c(-c2ccccc2)c1C(=O)O. The lowest BCUT2D eigenvalue weighted by atomic mass is 9.87. The molecular formula is C29H38N2O3. The summed E-state index contributed by atoms with van der Waals surface area (Å²) in [5, 5.41) is 25.1. The number of aromatic nitrogens is 2. The van der Waals surface area contributed by atoms with Crippen molar-refractivity contribution >= 4 is 5.97 Å². The zero-order valence-electron chi connectivity index (χ0n) is 21.3. The Kier molecular flexibility index (Phi) is 7.67. The summed E-state index contributed by atoms with van der Waals surface area (Å²) in [5.74, 6) is -0.717. The van der Waals surface area contributed by atoms with E-state index in [4.69, 9.17) is 5.10 Å². The summed E-state index contributed by atoms with van der Waals surface area (Å²) < 4.78 is 1.78.